The Morgan fingerprint density at radius 3 is 2.46 bits per heavy atom. The van der Waals surface area contributed by atoms with E-state index in [0.717, 1.165) is 12.8 Å². The molecule has 1 rings (SSSR count). The summed E-state index contributed by atoms with van der Waals surface area (Å²) >= 11 is 0. The Kier molecular flexibility index (Phi) is 3.25. The van der Waals surface area contributed by atoms with Gasteiger partial charge in [0.1, 0.15) is 0 Å². The summed E-state index contributed by atoms with van der Waals surface area (Å²) in [7, 11) is 2.76. The summed E-state index contributed by atoms with van der Waals surface area (Å²) < 4.78 is 4.50. The number of carbonyl (C=O) groups excluding carboxylic acids is 2. The molecule has 1 unspecified atom stereocenters. The molecule has 0 aromatic carbocycles. The van der Waals surface area contributed by atoms with Crippen molar-refractivity contribution in [1.82, 2.24) is 10.6 Å². The summed E-state index contributed by atoms with van der Waals surface area (Å²) in [4.78, 5) is 22.3. The summed E-state index contributed by atoms with van der Waals surface area (Å²) in [6, 6.07) is -0.566. The van der Waals surface area contributed by atoms with E-state index in [-0.39, 0.29) is 5.91 Å². The van der Waals surface area contributed by atoms with Crippen LogP contribution in [0, 0.1) is 0 Å². The third-order valence-electron chi connectivity index (χ3n) is 1.93. The van der Waals surface area contributed by atoms with Crippen molar-refractivity contribution in [2.75, 3.05) is 14.2 Å². The van der Waals surface area contributed by atoms with E-state index in [1.165, 1.54) is 14.2 Å². The number of nitrogens with one attached hydrogen (secondary N) is 2. The number of carbonyl (C=O) groups is 2. The minimum atomic E-state index is -0.859. The SMILES string of the molecule is CNC(=O)C(NC1CC1)C(=O)OC. The lowest BCUT2D eigenvalue weighted by Gasteiger charge is -2.13. The molecule has 0 aromatic heterocycles. The fourth-order valence-corrected chi connectivity index (χ4v) is 0.999. The van der Waals surface area contributed by atoms with Crippen molar-refractivity contribution >= 4 is 11.9 Å². The zero-order chi connectivity index (χ0) is 9.84. The molecule has 0 spiro atoms. The summed E-state index contributed by atoms with van der Waals surface area (Å²) in [6.45, 7) is 0. The Morgan fingerprint density at radius 1 is 1.46 bits per heavy atom. The summed E-state index contributed by atoms with van der Waals surface area (Å²) in [6.07, 6.45) is 2.04. The molecular weight excluding hydrogens is 172 g/mol. The highest BCUT2D eigenvalue weighted by molar-refractivity contribution is 6.01. The van der Waals surface area contributed by atoms with Crippen LogP contribution >= 0.6 is 0 Å². The number of rotatable bonds is 4. The lowest BCUT2D eigenvalue weighted by Crippen LogP contribution is -2.49. The zero-order valence-electron chi connectivity index (χ0n) is 7.79. The van der Waals surface area contributed by atoms with Gasteiger partial charge in [-0.3, -0.25) is 10.1 Å². The molecule has 1 amide bonds. The molecule has 5 heteroatoms. The van der Waals surface area contributed by atoms with Crippen LogP contribution in [0.15, 0.2) is 0 Å². The van der Waals surface area contributed by atoms with Crippen LogP contribution in [-0.4, -0.2) is 38.1 Å². The summed E-state index contributed by atoms with van der Waals surface area (Å²) in [5.74, 6) is -0.884. The van der Waals surface area contributed by atoms with Crippen LogP contribution in [0.2, 0.25) is 0 Å². The van der Waals surface area contributed by atoms with Crippen LogP contribution in [0.1, 0.15) is 12.8 Å². The molecular formula is C8H14N2O3. The molecule has 1 saturated carbocycles. The van der Waals surface area contributed by atoms with E-state index >= 15 is 0 Å². The number of hydrogen-bond acceptors (Lipinski definition) is 4. The Labute approximate surface area is 76.8 Å². The standard InChI is InChI=1S/C8H14N2O3/c1-9-7(11)6(8(12)13-2)10-5-3-4-5/h5-6,10H,3-4H2,1-2H3,(H,9,11). The van der Waals surface area contributed by atoms with E-state index in [4.69, 9.17) is 0 Å². The van der Waals surface area contributed by atoms with Gasteiger partial charge in [0.05, 0.1) is 7.11 Å². The van der Waals surface area contributed by atoms with Crippen molar-refractivity contribution in [3.05, 3.63) is 0 Å². The monoisotopic (exact) mass is 186 g/mol. The maximum Gasteiger partial charge on any atom is 0.332 e. The van der Waals surface area contributed by atoms with Gasteiger partial charge in [-0.15, -0.1) is 0 Å². The van der Waals surface area contributed by atoms with Gasteiger partial charge in [0.2, 0.25) is 5.91 Å². The zero-order valence-corrected chi connectivity index (χ0v) is 7.79. The molecule has 1 aliphatic rings. The van der Waals surface area contributed by atoms with Crippen LogP contribution in [0.3, 0.4) is 0 Å². The molecule has 0 saturated heterocycles. The van der Waals surface area contributed by atoms with E-state index in [1.54, 1.807) is 0 Å². The van der Waals surface area contributed by atoms with Crippen LogP contribution < -0.4 is 10.6 Å². The van der Waals surface area contributed by atoms with Gasteiger partial charge < -0.3 is 10.1 Å². The van der Waals surface area contributed by atoms with Crippen molar-refractivity contribution in [3.8, 4) is 0 Å². The number of methoxy groups -OCH3 is 1. The minimum Gasteiger partial charge on any atom is -0.467 e. The van der Waals surface area contributed by atoms with Crippen LogP contribution in [-0.2, 0) is 14.3 Å². The molecule has 1 fully saturated rings. The highest BCUT2D eigenvalue weighted by Crippen LogP contribution is 2.19. The highest BCUT2D eigenvalue weighted by Gasteiger charge is 2.33. The van der Waals surface area contributed by atoms with Crippen LogP contribution in [0.4, 0.5) is 0 Å². The van der Waals surface area contributed by atoms with Crippen molar-refractivity contribution in [2.24, 2.45) is 0 Å². The van der Waals surface area contributed by atoms with Gasteiger partial charge in [0, 0.05) is 13.1 Å². The number of likely N-dealkylation sites (N-methyl/N-ethyl adjacent to an activating group) is 1. The van der Waals surface area contributed by atoms with E-state index in [9.17, 15) is 9.59 Å². The van der Waals surface area contributed by atoms with E-state index in [0.29, 0.717) is 6.04 Å². The second kappa shape index (κ2) is 4.23. The van der Waals surface area contributed by atoms with Crippen LogP contribution in [0.25, 0.3) is 0 Å². The first-order valence-corrected chi connectivity index (χ1v) is 4.24. The minimum absolute atomic E-state index is 0.293. The smallest absolute Gasteiger partial charge is 0.332 e. The first-order chi connectivity index (χ1) is 6.19. The van der Waals surface area contributed by atoms with Crippen molar-refractivity contribution in [1.29, 1.82) is 0 Å². The molecule has 2 N–H and O–H groups in total. The van der Waals surface area contributed by atoms with Crippen molar-refractivity contribution in [3.63, 3.8) is 0 Å². The fourth-order valence-electron chi connectivity index (χ4n) is 0.999. The van der Waals surface area contributed by atoms with E-state index < -0.39 is 12.0 Å². The van der Waals surface area contributed by atoms with Gasteiger partial charge in [-0.1, -0.05) is 0 Å². The van der Waals surface area contributed by atoms with Gasteiger partial charge in [0.15, 0.2) is 6.04 Å². The average molecular weight is 186 g/mol. The largest absolute Gasteiger partial charge is 0.467 e. The molecule has 74 valence electrons. The molecule has 13 heavy (non-hydrogen) atoms. The second-order valence-corrected chi connectivity index (χ2v) is 3.01. The van der Waals surface area contributed by atoms with Gasteiger partial charge in [-0.05, 0) is 12.8 Å². The Hall–Kier alpha value is -1.10. The molecule has 0 radical (unpaired) electrons. The average Bonchev–Trinajstić information content (AvgIpc) is 2.95. The second-order valence-electron chi connectivity index (χ2n) is 3.01. The Morgan fingerprint density at radius 2 is 2.08 bits per heavy atom. The number of ether oxygens (including phenoxy) is 1. The first-order valence-electron chi connectivity index (χ1n) is 4.24. The third kappa shape index (κ3) is 2.69. The van der Waals surface area contributed by atoms with Crippen molar-refractivity contribution < 1.29 is 14.3 Å². The normalized spacial score (nSPS) is 17.7. The van der Waals surface area contributed by atoms with Gasteiger partial charge in [-0.2, -0.15) is 0 Å². The van der Waals surface area contributed by atoms with Gasteiger partial charge in [0.25, 0.3) is 0 Å². The molecule has 0 bridgehead atoms. The van der Waals surface area contributed by atoms with E-state index in [1.807, 2.05) is 0 Å². The lowest BCUT2D eigenvalue weighted by molar-refractivity contribution is -0.147. The maximum atomic E-state index is 11.2. The Balaban J connectivity index is 2.50. The van der Waals surface area contributed by atoms with E-state index in [2.05, 4.69) is 15.4 Å². The fraction of sp³-hybridized carbons (Fsp3) is 0.750. The van der Waals surface area contributed by atoms with Crippen LogP contribution in [0.5, 0.6) is 0 Å². The Bertz CT molecular complexity index is 197. The molecule has 1 atom stereocenters. The summed E-state index contributed by atoms with van der Waals surface area (Å²) in [5, 5.41) is 5.32. The molecule has 0 heterocycles. The van der Waals surface area contributed by atoms with Crippen molar-refractivity contribution in [2.45, 2.75) is 24.9 Å². The summed E-state index contributed by atoms with van der Waals surface area (Å²) in [5.41, 5.74) is 0. The predicted molar refractivity (Wildman–Crippen MR) is 46.0 cm³/mol. The number of amides is 1. The van der Waals surface area contributed by atoms with Gasteiger partial charge in [-0.25, -0.2) is 4.79 Å². The van der Waals surface area contributed by atoms with Gasteiger partial charge >= 0.3 is 5.97 Å². The molecule has 5 nitrogen and oxygen atoms in total. The molecule has 0 aromatic rings. The lowest BCUT2D eigenvalue weighted by atomic mass is 10.2. The highest BCUT2D eigenvalue weighted by atomic mass is 16.5. The maximum absolute atomic E-state index is 11.2. The quantitative estimate of drug-likeness (QED) is 0.437. The first kappa shape index (κ1) is 9.98. The topological polar surface area (TPSA) is 67.4 Å². The molecule has 0 aliphatic heterocycles. The third-order valence-corrected chi connectivity index (χ3v) is 1.93. The predicted octanol–water partition coefficient (Wildman–Crippen LogP) is -0.974. The number of hydrogen-bond donors (Lipinski definition) is 2. The number of esters is 1. The molecule has 1 aliphatic carbocycles.